The van der Waals surface area contributed by atoms with Gasteiger partial charge < -0.3 is 4.74 Å². The van der Waals surface area contributed by atoms with Crippen LogP contribution in [0.5, 0.6) is 0 Å². The molecule has 1 aliphatic heterocycles. The molecular weight excluding hydrogens is 282 g/mol. The number of allylic oxidation sites excluding steroid dienone is 2. The van der Waals surface area contributed by atoms with Crippen LogP contribution in [0, 0.1) is 0 Å². The summed E-state index contributed by atoms with van der Waals surface area (Å²) in [5.74, 6) is -0.832. The van der Waals surface area contributed by atoms with Gasteiger partial charge in [0.1, 0.15) is 11.3 Å². The molecule has 2 rings (SSSR count). The zero-order chi connectivity index (χ0) is 15.9. The lowest BCUT2D eigenvalue weighted by molar-refractivity contribution is -0.135. The van der Waals surface area contributed by atoms with Crippen LogP contribution in [0.15, 0.2) is 60.3 Å². The summed E-state index contributed by atoms with van der Waals surface area (Å²) in [6.45, 7) is 5.58. The molecule has 0 aromatic heterocycles. The summed E-state index contributed by atoms with van der Waals surface area (Å²) in [7, 11) is 0. The van der Waals surface area contributed by atoms with Crippen molar-refractivity contribution in [2.24, 2.45) is 0 Å². The number of benzene rings is 1. The lowest BCUT2D eigenvalue weighted by Gasteiger charge is -2.18. The first kappa shape index (κ1) is 15.7. The summed E-state index contributed by atoms with van der Waals surface area (Å²) < 4.78 is 5.27. The molecule has 0 bridgehead atoms. The lowest BCUT2D eigenvalue weighted by atomic mass is 10.0. The van der Waals surface area contributed by atoms with E-state index in [4.69, 9.17) is 9.57 Å². The number of carbonyl (C=O) groups is 2. The number of ketones is 1. The van der Waals surface area contributed by atoms with E-state index in [1.54, 1.807) is 18.2 Å². The molecule has 1 heterocycles. The quantitative estimate of drug-likeness (QED) is 0.218. The van der Waals surface area contributed by atoms with Gasteiger partial charge in [0, 0.05) is 11.6 Å². The SMILES string of the molecule is C=CCONC(CC)=C1C(=O)C=C(c2ccccc2)OC1=O. The number of cyclic esters (lactones) is 1. The Labute approximate surface area is 128 Å². The van der Waals surface area contributed by atoms with Gasteiger partial charge >= 0.3 is 5.97 Å². The Bertz CT molecular complexity index is 644. The van der Waals surface area contributed by atoms with Crippen LogP contribution in [-0.4, -0.2) is 18.4 Å². The molecule has 5 nitrogen and oxygen atoms in total. The Hall–Kier alpha value is -2.66. The number of hydroxylamine groups is 1. The van der Waals surface area contributed by atoms with Gasteiger partial charge in [0.05, 0.1) is 12.3 Å². The largest absolute Gasteiger partial charge is 0.422 e. The van der Waals surface area contributed by atoms with Crippen LogP contribution in [0.4, 0.5) is 0 Å². The molecule has 1 N–H and O–H groups in total. The Morgan fingerprint density at radius 1 is 1.32 bits per heavy atom. The average molecular weight is 299 g/mol. The van der Waals surface area contributed by atoms with Crippen molar-refractivity contribution < 1.29 is 19.2 Å². The van der Waals surface area contributed by atoms with Crippen LogP contribution in [0.25, 0.3) is 5.76 Å². The van der Waals surface area contributed by atoms with E-state index in [-0.39, 0.29) is 17.9 Å². The van der Waals surface area contributed by atoms with E-state index in [1.807, 2.05) is 25.1 Å². The Kier molecular flexibility index (Phi) is 5.27. The molecule has 0 radical (unpaired) electrons. The summed E-state index contributed by atoms with van der Waals surface area (Å²) >= 11 is 0. The summed E-state index contributed by atoms with van der Waals surface area (Å²) in [5.41, 5.74) is 3.64. The second-order valence-electron chi connectivity index (χ2n) is 4.54. The highest BCUT2D eigenvalue weighted by atomic mass is 16.6. The Morgan fingerprint density at radius 2 is 2.05 bits per heavy atom. The van der Waals surface area contributed by atoms with Gasteiger partial charge in [-0.3, -0.25) is 15.1 Å². The van der Waals surface area contributed by atoms with Crippen molar-refractivity contribution >= 4 is 17.5 Å². The predicted octanol–water partition coefficient (Wildman–Crippen LogP) is 2.52. The highest BCUT2D eigenvalue weighted by Gasteiger charge is 2.29. The number of esters is 1. The van der Waals surface area contributed by atoms with Crippen LogP contribution in [0.1, 0.15) is 18.9 Å². The molecule has 0 saturated carbocycles. The second-order valence-corrected chi connectivity index (χ2v) is 4.54. The van der Waals surface area contributed by atoms with Crippen LogP contribution >= 0.6 is 0 Å². The van der Waals surface area contributed by atoms with E-state index in [9.17, 15) is 9.59 Å². The minimum atomic E-state index is -0.682. The molecular formula is C17H17NO4. The van der Waals surface area contributed by atoms with E-state index >= 15 is 0 Å². The summed E-state index contributed by atoms with van der Waals surface area (Å²) in [6.07, 6.45) is 3.30. The molecule has 0 spiro atoms. The fourth-order valence-corrected chi connectivity index (χ4v) is 1.98. The van der Waals surface area contributed by atoms with Crippen molar-refractivity contribution in [3.05, 3.63) is 65.9 Å². The van der Waals surface area contributed by atoms with Gasteiger partial charge in [-0.25, -0.2) is 4.79 Å². The molecule has 0 unspecified atom stereocenters. The number of hydrogen-bond acceptors (Lipinski definition) is 5. The normalized spacial score (nSPS) is 16.7. The van der Waals surface area contributed by atoms with E-state index in [1.165, 1.54) is 6.08 Å². The van der Waals surface area contributed by atoms with E-state index < -0.39 is 11.8 Å². The molecule has 1 aliphatic rings. The maximum absolute atomic E-state index is 12.3. The zero-order valence-corrected chi connectivity index (χ0v) is 12.3. The molecule has 22 heavy (non-hydrogen) atoms. The minimum Gasteiger partial charge on any atom is -0.422 e. The van der Waals surface area contributed by atoms with Crippen molar-refractivity contribution in [1.82, 2.24) is 5.48 Å². The van der Waals surface area contributed by atoms with Crippen LogP contribution < -0.4 is 5.48 Å². The standard InChI is InChI=1S/C17H17NO4/c1-3-10-21-18-13(4-2)16-14(19)11-15(22-17(16)20)12-8-6-5-7-9-12/h3,5-9,11,18H,1,4,10H2,2H3. The van der Waals surface area contributed by atoms with Gasteiger partial charge in [0.15, 0.2) is 5.78 Å². The molecule has 0 aliphatic carbocycles. The first-order valence-corrected chi connectivity index (χ1v) is 6.92. The summed E-state index contributed by atoms with van der Waals surface area (Å²) in [4.78, 5) is 29.5. The first-order chi connectivity index (χ1) is 10.7. The molecule has 1 aromatic carbocycles. The number of rotatable bonds is 6. The maximum Gasteiger partial charge on any atom is 0.349 e. The molecule has 0 amide bonds. The van der Waals surface area contributed by atoms with Gasteiger partial charge in [-0.1, -0.05) is 43.3 Å². The molecule has 0 atom stereocenters. The number of carbonyl (C=O) groups excluding carboxylic acids is 2. The third-order valence-corrected chi connectivity index (χ3v) is 3.03. The Morgan fingerprint density at radius 3 is 2.64 bits per heavy atom. The monoisotopic (exact) mass is 299 g/mol. The van der Waals surface area contributed by atoms with Crippen LogP contribution in [-0.2, 0) is 19.2 Å². The van der Waals surface area contributed by atoms with Crippen molar-refractivity contribution in [3.63, 3.8) is 0 Å². The smallest absolute Gasteiger partial charge is 0.349 e. The van der Waals surface area contributed by atoms with Crippen molar-refractivity contribution in [1.29, 1.82) is 0 Å². The zero-order valence-electron chi connectivity index (χ0n) is 12.3. The van der Waals surface area contributed by atoms with Crippen molar-refractivity contribution in [3.8, 4) is 0 Å². The van der Waals surface area contributed by atoms with Crippen molar-refractivity contribution in [2.45, 2.75) is 13.3 Å². The van der Waals surface area contributed by atoms with Gasteiger partial charge in [0.25, 0.3) is 0 Å². The van der Waals surface area contributed by atoms with Crippen LogP contribution in [0.3, 0.4) is 0 Å². The predicted molar refractivity (Wildman–Crippen MR) is 82.1 cm³/mol. The summed E-state index contributed by atoms with van der Waals surface area (Å²) in [6, 6.07) is 9.00. The molecule has 114 valence electrons. The maximum atomic E-state index is 12.3. The third-order valence-electron chi connectivity index (χ3n) is 3.03. The molecule has 0 saturated heterocycles. The van der Waals surface area contributed by atoms with Gasteiger partial charge in [-0.05, 0) is 6.42 Å². The van der Waals surface area contributed by atoms with Crippen LogP contribution in [0.2, 0.25) is 0 Å². The summed E-state index contributed by atoms with van der Waals surface area (Å²) in [5, 5.41) is 0. The second kappa shape index (κ2) is 7.38. The van der Waals surface area contributed by atoms with Gasteiger partial charge in [0.2, 0.25) is 0 Å². The molecule has 0 fully saturated rings. The number of nitrogens with one attached hydrogen (secondary N) is 1. The van der Waals surface area contributed by atoms with E-state index in [0.29, 0.717) is 17.7 Å². The number of hydrogen-bond donors (Lipinski definition) is 1. The van der Waals surface area contributed by atoms with Gasteiger partial charge in [-0.2, -0.15) is 0 Å². The fraction of sp³-hybridized carbons (Fsp3) is 0.176. The Balaban J connectivity index is 2.29. The highest BCUT2D eigenvalue weighted by Crippen LogP contribution is 2.25. The third kappa shape index (κ3) is 3.51. The lowest BCUT2D eigenvalue weighted by Crippen LogP contribution is -2.26. The van der Waals surface area contributed by atoms with E-state index in [0.717, 1.165) is 0 Å². The highest BCUT2D eigenvalue weighted by molar-refractivity contribution is 6.26. The topological polar surface area (TPSA) is 64.6 Å². The van der Waals surface area contributed by atoms with E-state index in [2.05, 4.69) is 12.1 Å². The number of ether oxygens (including phenoxy) is 1. The first-order valence-electron chi connectivity index (χ1n) is 6.92. The molecule has 1 aromatic rings. The van der Waals surface area contributed by atoms with Crippen molar-refractivity contribution in [2.75, 3.05) is 6.61 Å². The average Bonchev–Trinajstić information content (AvgIpc) is 2.53. The fourth-order valence-electron chi connectivity index (χ4n) is 1.98. The molecule has 5 heteroatoms. The van der Waals surface area contributed by atoms with Gasteiger partial charge in [-0.15, -0.1) is 6.58 Å². The minimum absolute atomic E-state index is 0.0359.